The maximum absolute atomic E-state index is 11.2. The first kappa shape index (κ1) is 24.8. The molecule has 0 unspecified atom stereocenters. The zero-order valence-corrected chi connectivity index (χ0v) is 17.8. The topological polar surface area (TPSA) is 133 Å². The Morgan fingerprint density at radius 3 is 1.97 bits per heavy atom. The van der Waals surface area contributed by atoms with Crippen LogP contribution in [0.15, 0.2) is 48.5 Å². The van der Waals surface area contributed by atoms with E-state index in [0.29, 0.717) is 13.2 Å². The van der Waals surface area contributed by atoms with Crippen LogP contribution in [0.2, 0.25) is 0 Å². The monoisotopic (exact) mass is 445 g/mol. The van der Waals surface area contributed by atoms with Crippen molar-refractivity contribution in [1.29, 1.82) is 0 Å². The molecule has 2 N–H and O–H groups in total. The van der Waals surface area contributed by atoms with Crippen molar-refractivity contribution in [3.8, 4) is 5.75 Å². The van der Waals surface area contributed by atoms with Crippen LogP contribution < -0.4 is 4.74 Å². The number of ether oxygens (including phenoxy) is 1. The van der Waals surface area contributed by atoms with Gasteiger partial charge in [0, 0.05) is 50.9 Å². The molecule has 0 aliphatic carbocycles. The Morgan fingerprint density at radius 2 is 1.47 bits per heavy atom. The van der Waals surface area contributed by atoms with Crippen LogP contribution >= 0.6 is 0 Å². The fourth-order valence-corrected chi connectivity index (χ4v) is 3.29. The SMILES string of the molecule is CCOc1ccc(CN2CCN(Cc3ccccc3[N+](=O)[O-])CC2)cc1.O=C(O)C(=O)O. The third-order valence-corrected chi connectivity index (χ3v) is 4.87. The molecule has 10 nitrogen and oxygen atoms in total. The van der Waals surface area contributed by atoms with E-state index >= 15 is 0 Å². The molecule has 3 rings (SSSR count). The first-order valence-corrected chi connectivity index (χ1v) is 10.1. The van der Waals surface area contributed by atoms with Crippen LogP contribution in [0.1, 0.15) is 18.1 Å². The second-order valence-corrected chi connectivity index (χ2v) is 7.13. The number of aliphatic carboxylic acids is 2. The minimum absolute atomic E-state index is 0.212. The van der Waals surface area contributed by atoms with Crippen LogP contribution in [0.5, 0.6) is 5.75 Å². The predicted molar refractivity (Wildman–Crippen MR) is 117 cm³/mol. The number of hydrogen-bond acceptors (Lipinski definition) is 7. The highest BCUT2D eigenvalue weighted by Crippen LogP contribution is 2.21. The number of rotatable bonds is 7. The molecule has 0 atom stereocenters. The summed E-state index contributed by atoms with van der Waals surface area (Å²) in [5.74, 6) is -2.74. The van der Waals surface area contributed by atoms with Gasteiger partial charge in [0.05, 0.1) is 11.5 Å². The molecule has 1 heterocycles. The van der Waals surface area contributed by atoms with Crippen LogP contribution in [0.3, 0.4) is 0 Å². The van der Waals surface area contributed by atoms with Crippen LogP contribution in [-0.2, 0) is 22.7 Å². The fraction of sp³-hybridized carbons (Fsp3) is 0.364. The quantitative estimate of drug-likeness (QED) is 0.374. The Hall–Kier alpha value is -3.50. The van der Waals surface area contributed by atoms with Crippen molar-refractivity contribution in [2.45, 2.75) is 20.0 Å². The highest BCUT2D eigenvalue weighted by Gasteiger charge is 2.20. The van der Waals surface area contributed by atoms with E-state index in [2.05, 4.69) is 21.9 Å². The minimum Gasteiger partial charge on any atom is -0.494 e. The van der Waals surface area contributed by atoms with Crippen molar-refractivity contribution in [1.82, 2.24) is 9.80 Å². The predicted octanol–water partition coefficient (Wildman–Crippen LogP) is 2.47. The molecular formula is C22H27N3O7. The molecule has 1 saturated heterocycles. The number of benzene rings is 2. The molecule has 2 aromatic carbocycles. The maximum Gasteiger partial charge on any atom is 0.414 e. The summed E-state index contributed by atoms with van der Waals surface area (Å²) in [6, 6.07) is 15.3. The van der Waals surface area contributed by atoms with E-state index in [-0.39, 0.29) is 10.6 Å². The van der Waals surface area contributed by atoms with E-state index < -0.39 is 11.9 Å². The van der Waals surface area contributed by atoms with Crippen molar-refractivity contribution in [3.05, 3.63) is 69.8 Å². The summed E-state index contributed by atoms with van der Waals surface area (Å²) in [5, 5.41) is 25.9. The molecule has 32 heavy (non-hydrogen) atoms. The van der Waals surface area contributed by atoms with E-state index in [0.717, 1.165) is 44.0 Å². The average molecular weight is 445 g/mol. The van der Waals surface area contributed by atoms with Gasteiger partial charge in [-0.2, -0.15) is 0 Å². The Kier molecular flexibility index (Phi) is 9.58. The van der Waals surface area contributed by atoms with E-state index in [1.807, 2.05) is 31.2 Å². The molecular weight excluding hydrogens is 418 g/mol. The van der Waals surface area contributed by atoms with E-state index in [1.165, 1.54) is 5.56 Å². The molecule has 1 aliphatic rings. The standard InChI is InChI=1S/C20H25N3O3.C2H2O4/c1-2-26-19-9-7-17(8-10-19)15-21-11-13-22(14-12-21)16-18-5-3-4-6-20(18)23(24)25;3-1(4)2(5)6/h3-10H,2,11-16H2,1H3;(H,3,4)(H,5,6). The molecule has 1 aliphatic heterocycles. The number of hydrogen-bond donors (Lipinski definition) is 2. The highest BCUT2D eigenvalue weighted by atomic mass is 16.6. The third kappa shape index (κ3) is 7.97. The van der Waals surface area contributed by atoms with Gasteiger partial charge < -0.3 is 14.9 Å². The zero-order valence-electron chi connectivity index (χ0n) is 17.8. The smallest absolute Gasteiger partial charge is 0.414 e. The van der Waals surface area contributed by atoms with Gasteiger partial charge in [0.25, 0.3) is 5.69 Å². The highest BCUT2D eigenvalue weighted by molar-refractivity contribution is 6.27. The minimum atomic E-state index is -1.82. The zero-order chi connectivity index (χ0) is 23.5. The molecule has 0 saturated carbocycles. The first-order valence-electron chi connectivity index (χ1n) is 10.1. The Labute approximate surface area is 185 Å². The van der Waals surface area contributed by atoms with Crippen molar-refractivity contribution in [2.75, 3.05) is 32.8 Å². The summed E-state index contributed by atoms with van der Waals surface area (Å²) in [4.78, 5) is 33.8. The number of nitro benzene ring substituents is 1. The van der Waals surface area contributed by atoms with Gasteiger partial charge in [-0.1, -0.05) is 30.3 Å². The molecule has 0 aromatic heterocycles. The van der Waals surface area contributed by atoms with E-state index in [9.17, 15) is 10.1 Å². The lowest BCUT2D eigenvalue weighted by molar-refractivity contribution is -0.385. The lowest BCUT2D eigenvalue weighted by Crippen LogP contribution is -2.45. The molecule has 172 valence electrons. The summed E-state index contributed by atoms with van der Waals surface area (Å²) in [6.07, 6.45) is 0. The Balaban J connectivity index is 0.000000534. The lowest BCUT2D eigenvalue weighted by atomic mass is 10.1. The van der Waals surface area contributed by atoms with Gasteiger partial charge in [-0.05, 0) is 24.6 Å². The summed E-state index contributed by atoms with van der Waals surface area (Å²) >= 11 is 0. The average Bonchev–Trinajstić information content (AvgIpc) is 2.77. The summed E-state index contributed by atoms with van der Waals surface area (Å²) in [5.41, 5.74) is 2.28. The lowest BCUT2D eigenvalue weighted by Gasteiger charge is -2.34. The number of carboxylic acids is 2. The van der Waals surface area contributed by atoms with Crippen molar-refractivity contribution in [2.24, 2.45) is 0 Å². The number of carboxylic acid groups (broad SMARTS) is 2. The molecule has 2 aromatic rings. The Morgan fingerprint density at radius 1 is 0.938 bits per heavy atom. The van der Waals surface area contributed by atoms with Crippen LogP contribution in [0.25, 0.3) is 0 Å². The molecule has 0 radical (unpaired) electrons. The van der Waals surface area contributed by atoms with Crippen LogP contribution in [-0.4, -0.2) is 69.7 Å². The maximum atomic E-state index is 11.2. The number of carbonyl (C=O) groups is 2. The third-order valence-electron chi connectivity index (χ3n) is 4.87. The largest absolute Gasteiger partial charge is 0.494 e. The van der Waals surface area contributed by atoms with Crippen molar-refractivity contribution in [3.63, 3.8) is 0 Å². The first-order chi connectivity index (χ1) is 15.3. The van der Waals surface area contributed by atoms with Gasteiger partial charge >= 0.3 is 11.9 Å². The fourth-order valence-electron chi connectivity index (χ4n) is 3.29. The number of nitrogens with zero attached hydrogens (tertiary/aromatic N) is 3. The van der Waals surface area contributed by atoms with Gasteiger partial charge in [-0.15, -0.1) is 0 Å². The van der Waals surface area contributed by atoms with Gasteiger partial charge in [-0.25, -0.2) is 9.59 Å². The van der Waals surface area contributed by atoms with Crippen LogP contribution in [0, 0.1) is 10.1 Å². The van der Waals surface area contributed by atoms with Gasteiger partial charge in [0.2, 0.25) is 0 Å². The second-order valence-electron chi connectivity index (χ2n) is 7.13. The van der Waals surface area contributed by atoms with Crippen molar-refractivity contribution >= 4 is 17.6 Å². The molecule has 1 fully saturated rings. The van der Waals surface area contributed by atoms with Crippen molar-refractivity contribution < 1.29 is 29.5 Å². The summed E-state index contributed by atoms with van der Waals surface area (Å²) < 4.78 is 5.48. The van der Waals surface area contributed by atoms with E-state index in [1.54, 1.807) is 12.1 Å². The second kappa shape index (κ2) is 12.4. The molecule has 0 amide bonds. The molecule has 0 bridgehead atoms. The summed E-state index contributed by atoms with van der Waals surface area (Å²) in [6.45, 7) is 7.99. The van der Waals surface area contributed by atoms with Gasteiger partial charge in [0.1, 0.15) is 5.75 Å². The molecule has 10 heteroatoms. The number of para-hydroxylation sites is 1. The van der Waals surface area contributed by atoms with Gasteiger partial charge in [-0.3, -0.25) is 19.9 Å². The van der Waals surface area contributed by atoms with Crippen LogP contribution in [0.4, 0.5) is 5.69 Å². The van der Waals surface area contributed by atoms with Gasteiger partial charge in [0.15, 0.2) is 0 Å². The number of piperazine rings is 1. The summed E-state index contributed by atoms with van der Waals surface area (Å²) in [7, 11) is 0. The van der Waals surface area contributed by atoms with E-state index in [4.69, 9.17) is 24.5 Å². The molecule has 0 spiro atoms. The normalized spacial score (nSPS) is 14.2. The Bertz CT molecular complexity index is 898. The number of nitro groups is 1.